The third-order valence-corrected chi connectivity index (χ3v) is 5.85. The summed E-state index contributed by atoms with van der Waals surface area (Å²) in [6.45, 7) is 2.59. The number of aromatic nitrogens is 5. The van der Waals surface area contributed by atoms with E-state index in [0.717, 1.165) is 16.8 Å². The van der Waals surface area contributed by atoms with Crippen LogP contribution in [0.25, 0.3) is 5.52 Å². The molecule has 5 rings (SSSR count). The Morgan fingerprint density at radius 2 is 2.03 bits per heavy atom. The second kappa shape index (κ2) is 8.11. The van der Waals surface area contributed by atoms with Crippen LogP contribution >= 0.6 is 0 Å². The van der Waals surface area contributed by atoms with Crippen molar-refractivity contribution in [2.75, 3.05) is 6.54 Å². The lowest BCUT2D eigenvalue weighted by molar-refractivity contribution is -0.137. The molecular formula is C22H19F5N6O3. The molecule has 1 aliphatic heterocycles. The molecule has 1 aliphatic rings. The second-order valence-electron chi connectivity index (χ2n) is 8.86. The summed E-state index contributed by atoms with van der Waals surface area (Å²) in [6.07, 6.45) is -5.23. The fraction of sp³-hybridized carbons (Fsp3) is 0.364. The zero-order chi connectivity index (χ0) is 26.0. The monoisotopic (exact) mass is 510 g/mol. The number of alkyl halides is 5. The Morgan fingerprint density at radius 3 is 2.69 bits per heavy atom. The number of carbonyl (C=O) groups is 1. The van der Waals surface area contributed by atoms with Gasteiger partial charge in [-0.1, -0.05) is 0 Å². The number of H-pyrrole nitrogens is 1. The van der Waals surface area contributed by atoms with Crippen molar-refractivity contribution >= 4 is 11.4 Å². The molecule has 0 saturated carbocycles. The first-order valence-corrected chi connectivity index (χ1v) is 10.8. The number of amides is 1. The zero-order valence-corrected chi connectivity index (χ0v) is 18.8. The van der Waals surface area contributed by atoms with E-state index in [-0.39, 0.29) is 12.2 Å². The molecule has 2 N–H and O–H groups in total. The van der Waals surface area contributed by atoms with Crippen molar-refractivity contribution in [1.29, 1.82) is 0 Å². The summed E-state index contributed by atoms with van der Waals surface area (Å²) in [6, 6.07) is 2.63. The van der Waals surface area contributed by atoms with Gasteiger partial charge in [0.25, 0.3) is 12.3 Å². The van der Waals surface area contributed by atoms with Crippen molar-refractivity contribution < 1.29 is 36.3 Å². The molecule has 0 unspecified atom stereocenters. The van der Waals surface area contributed by atoms with Gasteiger partial charge in [0, 0.05) is 24.9 Å². The standard InChI is InChI=1S/C22H19F5N6O3/c1-21(2,35)20-30-15(18(23)24)17(36-20)19(34)32-6-5-12-14(29-9-28-12)16(32)13-7-11-4-3-10(22(25,26)27)8-33(11)31-13/h3-4,7-9,16,18,35H,5-6H2,1-2H3,(H,28,29)/t16-/m1/s1. The molecule has 0 radical (unpaired) electrons. The topological polar surface area (TPSA) is 113 Å². The number of aliphatic hydroxyl groups is 1. The van der Waals surface area contributed by atoms with Gasteiger partial charge in [-0.25, -0.2) is 23.3 Å². The van der Waals surface area contributed by atoms with Gasteiger partial charge in [-0.3, -0.25) is 4.79 Å². The fourth-order valence-electron chi connectivity index (χ4n) is 4.13. The van der Waals surface area contributed by atoms with Crippen LogP contribution in [-0.2, 0) is 18.2 Å². The highest BCUT2D eigenvalue weighted by Crippen LogP contribution is 2.37. The molecule has 1 atom stereocenters. The normalized spacial score (nSPS) is 16.7. The molecule has 0 bridgehead atoms. The quantitative estimate of drug-likeness (QED) is 0.401. The smallest absolute Gasteiger partial charge is 0.417 e. The van der Waals surface area contributed by atoms with E-state index in [1.807, 2.05) is 0 Å². The number of imidazole rings is 1. The van der Waals surface area contributed by atoms with Crippen LogP contribution in [0.5, 0.6) is 0 Å². The van der Waals surface area contributed by atoms with Crippen LogP contribution in [-0.4, -0.2) is 47.0 Å². The summed E-state index contributed by atoms with van der Waals surface area (Å²) >= 11 is 0. The minimum Gasteiger partial charge on any atom is -0.432 e. The lowest BCUT2D eigenvalue weighted by Crippen LogP contribution is -2.41. The van der Waals surface area contributed by atoms with Crippen LogP contribution in [0.1, 0.15) is 71.1 Å². The molecule has 0 saturated heterocycles. The van der Waals surface area contributed by atoms with E-state index in [2.05, 4.69) is 20.1 Å². The molecule has 190 valence electrons. The summed E-state index contributed by atoms with van der Waals surface area (Å²) in [5, 5.41) is 14.4. The maximum atomic E-state index is 13.7. The number of carbonyl (C=O) groups excluding carboxylic acids is 1. The van der Waals surface area contributed by atoms with Crippen LogP contribution in [0.3, 0.4) is 0 Å². The van der Waals surface area contributed by atoms with Crippen LogP contribution in [0.4, 0.5) is 22.0 Å². The lowest BCUT2D eigenvalue weighted by Gasteiger charge is -2.33. The first-order chi connectivity index (χ1) is 16.8. The number of nitrogens with zero attached hydrogens (tertiary/aromatic N) is 5. The number of hydrogen-bond acceptors (Lipinski definition) is 6. The van der Waals surface area contributed by atoms with E-state index in [0.29, 0.717) is 23.3 Å². The molecule has 4 aromatic rings. The molecule has 36 heavy (non-hydrogen) atoms. The number of pyridine rings is 1. The largest absolute Gasteiger partial charge is 0.432 e. The molecule has 1 amide bonds. The Balaban J connectivity index is 1.61. The van der Waals surface area contributed by atoms with Gasteiger partial charge >= 0.3 is 6.18 Å². The van der Waals surface area contributed by atoms with E-state index in [4.69, 9.17) is 4.42 Å². The summed E-state index contributed by atoms with van der Waals surface area (Å²) in [4.78, 5) is 25.6. The van der Waals surface area contributed by atoms with Gasteiger partial charge in [0.2, 0.25) is 11.7 Å². The van der Waals surface area contributed by atoms with Gasteiger partial charge in [-0.2, -0.15) is 18.3 Å². The van der Waals surface area contributed by atoms with E-state index < -0.39 is 53.1 Å². The van der Waals surface area contributed by atoms with Gasteiger partial charge in [-0.05, 0) is 32.0 Å². The second-order valence-corrected chi connectivity index (χ2v) is 8.86. The molecular weight excluding hydrogens is 491 g/mol. The summed E-state index contributed by atoms with van der Waals surface area (Å²) in [5.74, 6) is -2.14. The number of rotatable bonds is 4. The average Bonchev–Trinajstić information content (AvgIpc) is 3.53. The van der Waals surface area contributed by atoms with Crippen molar-refractivity contribution in [1.82, 2.24) is 29.5 Å². The number of oxazole rings is 1. The molecule has 0 spiro atoms. The summed E-state index contributed by atoms with van der Waals surface area (Å²) in [5.41, 5.74) is -2.02. The minimum absolute atomic E-state index is 0.0432. The van der Waals surface area contributed by atoms with Crippen LogP contribution < -0.4 is 0 Å². The molecule has 0 fully saturated rings. The predicted molar refractivity (Wildman–Crippen MR) is 112 cm³/mol. The van der Waals surface area contributed by atoms with E-state index in [9.17, 15) is 31.9 Å². The Bertz CT molecular complexity index is 1450. The van der Waals surface area contributed by atoms with E-state index in [1.165, 1.54) is 37.2 Å². The van der Waals surface area contributed by atoms with Crippen molar-refractivity contribution in [3.05, 3.63) is 70.7 Å². The average molecular weight is 510 g/mol. The maximum Gasteiger partial charge on any atom is 0.417 e. The number of hydrogen-bond donors (Lipinski definition) is 2. The summed E-state index contributed by atoms with van der Waals surface area (Å²) in [7, 11) is 0. The lowest BCUT2D eigenvalue weighted by atomic mass is 9.99. The Kier molecular flexibility index (Phi) is 5.39. The SMILES string of the molecule is CC(C)(O)c1nc(C(F)F)c(C(=O)N2CCc3[nH]cnc3[C@H]2c2cc3ccc(C(F)(F)F)cn3n2)o1. The van der Waals surface area contributed by atoms with Gasteiger partial charge in [0.1, 0.15) is 11.6 Å². The van der Waals surface area contributed by atoms with Crippen molar-refractivity contribution in [2.24, 2.45) is 0 Å². The molecule has 9 nitrogen and oxygen atoms in total. The van der Waals surface area contributed by atoms with Crippen LogP contribution in [0.2, 0.25) is 0 Å². The first kappa shape index (κ1) is 23.9. The fourth-order valence-corrected chi connectivity index (χ4v) is 4.13. The number of fused-ring (bicyclic) bond motifs is 2. The minimum atomic E-state index is -4.58. The number of nitrogens with one attached hydrogen (secondary N) is 1. The Hall–Kier alpha value is -3.81. The molecule has 14 heteroatoms. The van der Waals surface area contributed by atoms with E-state index in [1.54, 1.807) is 0 Å². The van der Waals surface area contributed by atoms with Crippen LogP contribution in [0.15, 0.2) is 35.1 Å². The van der Waals surface area contributed by atoms with Gasteiger partial charge < -0.3 is 19.4 Å². The Labute approximate surface area is 199 Å². The number of halogens is 5. The van der Waals surface area contributed by atoms with Gasteiger partial charge in [-0.15, -0.1) is 0 Å². The molecule has 0 aromatic carbocycles. The third kappa shape index (κ3) is 4.00. The third-order valence-electron chi connectivity index (χ3n) is 5.85. The predicted octanol–water partition coefficient (Wildman–Crippen LogP) is 4.02. The maximum absolute atomic E-state index is 13.7. The Morgan fingerprint density at radius 1 is 1.28 bits per heavy atom. The number of aromatic amines is 1. The van der Waals surface area contributed by atoms with E-state index >= 15 is 0 Å². The molecule has 4 aromatic heterocycles. The van der Waals surface area contributed by atoms with Gasteiger partial charge in [0.15, 0.2) is 5.69 Å². The van der Waals surface area contributed by atoms with Crippen molar-refractivity contribution in [3.63, 3.8) is 0 Å². The first-order valence-electron chi connectivity index (χ1n) is 10.8. The van der Waals surface area contributed by atoms with Crippen LogP contribution in [0, 0.1) is 0 Å². The molecule has 5 heterocycles. The zero-order valence-electron chi connectivity index (χ0n) is 18.8. The highest BCUT2D eigenvalue weighted by Gasteiger charge is 2.41. The highest BCUT2D eigenvalue weighted by molar-refractivity contribution is 5.93. The van der Waals surface area contributed by atoms with Gasteiger partial charge in [0.05, 0.1) is 28.8 Å². The molecule has 0 aliphatic carbocycles. The summed E-state index contributed by atoms with van der Waals surface area (Å²) < 4.78 is 73.3. The van der Waals surface area contributed by atoms with Crippen molar-refractivity contribution in [3.8, 4) is 0 Å². The van der Waals surface area contributed by atoms with Crippen molar-refractivity contribution in [2.45, 2.75) is 44.5 Å². The highest BCUT2D eigenvalue weighted by atomic mass is 19.4.